The number of aryl methyl sites for hydroxylation is 1. The summed E-state index contributed by atoms with van der Waals surface area (Å²) in [6.07, 6.45) is -1.13. The quantitative estimate of drug-likeness (QED) is 0.604. The maximum absolute atomic E-state index is 12.2. The number of imidazole rings is 1. The number of aliphatic hydroxyl groups is 1. The average molecular weight is 368 g/mol. The van der Waals surface area contributed by atoms with Crippen LogP contribution in [0.25, 0.3) is 11.2 Å². The Labute approximate surface area is 150 Å². The zero-order valence-electron chi connectivity index (χ0n) is 15.6. The number of methoxy groups -OCH3 is 1. The van der Waals surface area contributed by atoms with E-state index in [1.807, 2.05) is 20.8 Å². The second kappa shape index (κ2) is 6.62. The predicted octanol–water partition coefficient (Wildman–Crippen LogP) is -0.780. The van der Waals surface area contributed by atoms with Gasteiger partial charge >= 0.3 is 5.56 Å². The van der Waals surface area contributed by atoms with Gasteiger partial charge in [-0.25, -0.2) is 4.57 Å². The molecule has 10 nitrogen and oxygen atoms in total. The molecule has 0 aromatic carbocycles. The van der Waals surface area contributed by atoms with Crippen LogP contribution in [0.2, 0.25) is 0 Å². The Morgan fingerprint density at radius 3 is 2.81 bits per heavy atom. The minimum atomic E-state index is -0.894. The fraction of sp³-hybridized carbons (Fsp3) is 0.688. The number of aromatic amines is 1. The van der Waals surface area contributed by atoms with Crippen molar-refractivity contribution in [2.24, 2.45) is 7.05 Å². The number of hydrogen-bond acceptors (Lipinski definition) is 7. The van der Waals surface area contributed by atoms with E-state index in [9.17, 15) is 9.90 Å². The van der Waals surface area contributed by atoms with Gasteiger partial charge in [0.25, 0.3) is 11.2 Å². The molecule has 3 heterocycles. The number of nitrogens with zero attached hydrogens (tertiary/aromatic N) is 3. The lowest BCUT2D eigenvalue weighted by Gasteiger charge is -2.23. The van der Waals surface area contributed by atoms with Gasteiger partial charge in [0, 0.05) is 7.11 Å². The Morgan fingerprint density at radius 1 is 1.50 bits per heavy atom. The summed E-state index contributed by atoms with van der Waals surface area (Å²) < 4.78 is 20.5. The number of nitrogen functional groups attached to an aromatic ring is 1. The van der Waals surface area contributed by atoms with E-state index < -0.39 is 24.5 Å². The molecule has 3 rings (SSSR count). The SMILES string of the molecule is COC1C(O)C(COC(C)(C)C)OC1n1c[n+](C)c2c(=O)[nH]c(N)nc21. The van der Waals surface area contributed by atoms with Gasteiger partial charge in [-0.3, -0.25) is 9.78 Å². The van der Waals surface area contributed by atoms with Crippen molar-refractivity contribution >= 4 is 17.1 Å². The highest BCUT2D eigenvalue weighted by atomic mass is 16.6. The van der Waals surface area contributed by atoms with E-state index >= 15 is 0 Å². The third-order valence-corrected chi connectivity index (χ3v) is 4.33. The summed E-state index contributed by atoms with van der Waals surface area (Å²) in [5, 5.41) is 10.6. The van der Waals surface area contributed by atoms with Crippen LogP contribution in [0.3, 0.4) is 0 Å². The minimum Gasteiger partial charge on any atom is -0.387 e. The first-order valence-corrected chi connectivity index (χ1v) is 8.38. The number of nitrogens with two attached hydrogens (primary N) is 1. The Bertz CT molecular complexity index is 855. The highest BCUT2D eigenvalue weighted by Crippen LogP contribution is 2.33. The van der Waals surface area contributed by atoms with Crippen LogP contribution in [0, 0.1) is 0 Å². The molecule has 2 aromatic heterocycles. The smallest absolute Gasteiger partial charge is 0.304 e. The van der Waals surface area contributed by atoms with Gasteiger partial charge in [-0.1, -0.05) is 0 Å². The van der Waals surface area contributed by atoms with Crippen LogP contribution in [0.1, 0.15) is 27.0 Å². The number of hydrogen-bond donors (Lipinski definition) is 3. The average Bonchev–Trinajstić information content (AvgIpc) is 3.01. The van der Waals surface area contributed by atoms with Crippen molar-refractivity contribution < 1.29 is 23.9 Å². The van der Waals surface area contributed by atoms with Gasteiger partial charge in [0.05, 0.1) is 19.3 Å². The third kappa shape index (κ3) is 3.32. The molecule has 1 aliphatic rings. The van der Waals surface area contributed by atoms with Crippen LogP contribution in [-0.2, 0) is 21.3 Å². The van der Waals surface area contributed by atoms with E-state index in [-0.39, 0.29) is 23.7 Å². The Balaban J connectivity index is 1.98. The number of anilines is 1. The number of aromatic nitrogens is 4. The summed E-state index contributed by atoms with van der Waals surface area (Å²) >= 11 is 0. The first-order valence-electron chi connectivity index (χ1n) is 8.38. The second-order valence-corrected chi connectivity index (χ2v) is 7.44. The predicted molar refractivity (Wildman–Crippen MR) is 92.4 cm³/mol. The molecule has 0 amide bonds. The van der Waals surface area contributed by atoms with Crippen LogP contribution in [0.5, 0.6) is 0 Å². The molecule has 0 radical (unpaired) electrons. The lowest BCUT2D eigenvalue weighted by atomic mass is 10.1. The van der Waals surface area contributed by atoms with E-state index in [1.54, 1.807) is 22.5 Å². The van der Waals surface area contributed by atoms with Gasteiger partial charge in [0.1, 0.15) is 12.2 Å². The molecule has 0 saturated carbocycles. The molecular weight excluding hydrogens is 342 g/mol. The molecule has 2 aromatic rings. The Morgan fingerprint density at radius 2 is 2.19 bits per heavy atom. The van der Waals surface area contributed by atoms with Crippen molar-refractivity contribution in [2.45, 2.75) is 50.9 Å². The van der Waals surface area contributed by atoms with Crippen molar-refractivity contribution in [1.82, 2.24) is 14.5 Å². The fourth-order valence-electron chi connectivity index (χ4n) is 3.12. The van der Waals surface area contributed by atoms with Gasteiger partial charge in [-0.15, -0.1) is 0 Å². The van der Waals surface area contributed by atoms with Gasteiger partial charge < -0.3 is 25.1 Å². The number of rotatable bonds is 4. The van der Waals surface area contributed by atoms with Crippen molar-refractivity contribution in [2.75, 3.05) is 19.5 Å². The normalized spacial score (nSPS) is 26.7. The first kappa shape index (κ1) is 18.8. The lowest BCUT2D eigenvalue weighted by molar-refractivity contribution is -0.646. The lowest BCUT2D eigenvalue weighted by Crippen LogP contribution is -2.37. The van der Waals surface area contributed by atoms with E-state index in [2.05, 4.69) is 9.97 Å². The maximum atomic E-state index is 12.2. The molecule has 1 fully saturated rings. The highest BCUT2D eigenvalue weighted by molar-refractivity contribution is 5.66. The minimum absolute atomic E-state index is 0.00239. The van der Waals surface area contributed by atoms with Gasteiger partial charge in [-0.2, -0.15) is 9.55 Å². The van der Waals surface area contributed by atoms with E-state index in [4.69, 9.17) is 19.9 Å². The highest BCUT2D eigenvalue weighted by Gasteiger charge is 2.49. The summed E-state index contributed by atoms with van der Waals surface area (Å²) in [4.78, 5) is 18.9. The van der Waals surface area contributed by atoms with E-state index in [0.29, 0.717) is 11.2 Å². The number of aliphatic hydroxyl groups excluding tert-OH is 1. The van der Waals surface area contributed by atoms with Crippen LogP contribution >= 0.6 is 0 Å². The first-order chi connectivity index (χ1) is 12.1. The molecule has 0 aliphatic carbocycles. The summed E-state index contributed by atoms with van der Waals surface area (Å²) in [7, 11) is 3.22. The Kier molecular flexibility index (Phi) is 4.78. The molecule has 0 spiro atoms. The van der Waals surface area contributed by atoms with Crippen molar-refractivity contribution in [3.8, 4) is 0 Å². The van der Waals surface area contributed by atoms with Gasteiger partial charge in [-0.05, 0) is 20.8 Å². The monoisotopic (exact) mass is 368 g/mol. The molecule has 4 atom stereocenters. The molecular formula is C16H26N5O5+. The number of nitrogens with one attached hydrogen (secondary N) is 1. The molecule has 1 aliphatic heterocycles. The topological polar surface area (TPSA) is 128 Å². The van der Waals surface area contributed by atoms with Crippen LogP contribution < -0.4 is 15.9 Å². The molecule has 0 bridgehead atoms. The van der Waals surface area contributed by atoms with Gasteiger partial charge in [0.2, 0.25) is 18.5 Å². The van der Waals surface area contributed by atoms with Crippen molar-refractivity contribution in [3.05, 3.63) is 16.7 Å². The van der Waals surface area contributed by atoms with E-state index in [0.717, 1.165) is 0 Å². The molecule has 4 unspecified atom stereocenters. The number of fused-ring (bicyclic) bond motifs is 1. The van der Waals surface area contributed by atoms with E-state index in [1.165, 1.54) is 7.11 Å². The van der Waals surface area contributed by atoms with Crippen molar-refractivity contribution in [1.29, 1.82) is 0 Å². The fourth-order valence-corrected chi connectivity index (χ4v) is 3.12. The largest absolute Gasteiger partial charge is 0.387 e. The second-order valence-electron chi connectivity index (χ2n) is 7.44. The van der Waals surface area contributed by atoms with Gasteiger partial charge in [0.15, 0.2) is 6.10 Å². The number of H-pyrrole nitrogens is 1. The maximum Gasteiger partial charge on any atom is 0.304 e. The molecule has 144 valence electrons. The third-order valence-electron chi connectivity index (χ3n) is 4.33. The van der Waals surface area contributed by atoms with Crippen molar-refractivity contribution in [3.63, 3.8) is 0 Å². The standard InChI is InChI=1S/C16H25N5O5/c1-16(2,3)25-6-8-10(22)11(24-5)14(26-8)21-7-20(4)9-12(21)18-15(17)19-13(9)23/h7-8,10-11,14,22H,6H2,1-5H3,(H2-,17,18,19,23)/p+1. The summed E-state index contributed by atoms with van der Waals surface area (Å²) in [5.74, 6) is 0.00239. The summed E-state index contributed by atoms with van der Waals surface area (Å²) in [6, 6.07) is 0. The summed E-state index contributed by atoms with van der Waals surface area (Å²) in [6.45, 7) is 6.00. The Hall–Kier alpha value is -2.01. The molecule has 1 saturated heterocycles. The number of ether oxygens (including phenoxy) is 3. The molecule has 10 heteroatoms. The summed E-state index contributed by atoms with van der Waals surface area (Å²) in [5.41, 5.74) is 5.67. The van der Waals surface area contributed by atoms with Crippen LogP contribution in [0.4, 0.5) is 5.95 Å². The zero-order chi connectivity index (χ0) is 19.2. The van der Waals surface area contributed by atoms with Crippen LogP contribution in [-0.4, -0.2) is 57.3 Å². The molecule has 4 N–H and O–H groups in total. The molecule has 26 heavy (non-hydrogen) atoms. The van der Waals surface area contributed by atoms with Crippen LogP contribution in [0.15, 0.2) is 11.1 Å². The zero-order valence-corrected chi connectivity index (χ0v) is 15.6.